The number of rotatable bonds is 13. The molecule has 0 bridgehead atoms. The number of carbonyl (C=O) groups excluding carboxylic acids is 2. The van der Waals surface area contributed by atoms with E-state index in [0.717, 1.165) is 12.8 Å². The summed E-state index contributed by atoms with van der Waals surface area (Å²) >= 11 is 0. The zero-order chi connectivity index (χ0) is 34.3. The van der Waals surface area contributed by atoms with Gasteiger partial charge in [-0.25, -0.2) is 26.4 Å². The van der Waals surface area contributed by atoms with Crippen LogP contribution in [0.4, 0.5) is 21.0 Å². The normalized spacial score (nSPS) is 19.9. The van der Waals surface area contributed by atoms with Gasteiger partial charge in [0.05, 0.1) is 9.79 Å². The van der Waals surface area contributed by atoms with E-state index < -0.39 is 32.1 Å². The second kappa shape index (κ2) is 15.1. The number of urea groups is 2. The molecule has 1 aliphatic rings. The minimum Gasteiger partial charge on any atom is -0.337 e. The van der Waals surface area contributed by atoms with Crippen LogP contribution in [0.5, 0.6) is 0 Å². The lowest BCUT2D eigenvalue weighted by atomic mass is 9.62. The molecule has 0 aromatic heterocycles. The van der Waals surface area contributed by atoms with Gasteiger partial charge in [-0.1, -0.05) is 60.6 Å². The topological polar surface area (TPSA) is 157 Å². The molecule has 2 atom stereocenters. The van der Waals surface area contributed by atoms with Gasteiger partial charge in [0.2, 0.25) is 20.0 Å². The van der Waals surface area contributed by atoms with Crippen molar-refractivity contribution in [3.63, 3.8) is 0 Å². The number of nitrogens with zero attached hydrogens (tertiary/aromatic N) is 2. The van der Waals surface area contributed by atoms with Crippen LogP contribution in [0.15, 0.2) is 58.3 Å². The molecule has 2 aromatic rings. The molecule has 2 aromatic carbocycles. The van der Waals surface area contributed by atoms with Gasteiger partial charge in [-0.2, -0.15) is 8.61 Å². The molecule has 1 saturated carbocycles. The summed E-state index contributed by atoms with van der Waals surface area (Å²) in [5.74, 6) is 0. The van der Waals surface area contributed by atoms with Crippen LogP contribution in [0.25, 0.3) is 0 Å². The molecular formula is C32H50N6O6S2. The lowest BCUT2D eigenvalue weighted by molar-refractivity contribution is 0.0761. The number of sulfonamides is 2. The molecule has 0 spiro atoms. The van der Waals surface area contributed by atoms with Crippen LogP contribution in [0.2, 0.25) is 0 Å². The first-order valence-electron chi connectivity index (χ1n) is 15.8. The first kappa shape index (κ1) is 37.3. The Morgan fingerprint density at radius 1 is 0.739 bits per heavy atom. The number of carbonyl (C=O) groups is 2. The van der Waals surface area contributed by atoms with Crippen LogP contribution < -0.4 is 21.3 Å². The Hall–Kier alpha value is -3.20. The molecule has 14 heteroatoms. The van der Waals surface area contributed by atoms with Crippen molar-refractivity contribution in [2.24, 2.45) is 10.8 Å². The van der Waals surface area contributed by atoms with E-state index in [0.29, 0.717) is 50.5 Å². The van der Waals surface area contributed by atoms with Crippen molar-refractivity contribution < 1.29 is 26.4 Å². The van der Waals surface area contributed by atoms with Crippen LogP contribution in [0, 0.1) is 10.8 Å². The maximum atomic E-state index is 13.1. The van der Waals surface area contributed by atoms with E-state index in [1.54, 1.807) is 52.0 Å². The summed E-state index contributed by atoms with van der Waals surface area (Å²) in [7, 11) is -7.34. The number of hydrogen-bond donors (Lipinski definition) is 4. The van der Waals surface area contributed by atoms with Crippen LogP contribution in [0.3, 0.4) is 0 Å². The quantitative estimate of drug-likeness (QED) is 0.226. The second-order valence-electron chi connectivity index (χ2n) is 12.9. The molecule has 0 radical (unpaired) electrons. The van der Waals surface area contributed by atoms with Crippen LogP contribution in [0.1, 0.15) is 67.7 Å². The SMILES string of the molecule is CCN(CC)S(=O)(=O)c1cccc(NC(=O)NC[C@]2(C)C[C@@H](NC(=O)Nc3cccc(S(=O)(=O)N(CC)CC)c3)CC(C)(C)C2)c1. The Bertz CT molecular complexity index is 1590. The third kappa shape index (κ3) is 9.43. The van der Waals surface area contributed by atoms with Crippen molar-refractivity contribution in [2.45, 2.75) is 83.6 Å². The Morgan fingerprint density at radius 2 is 1.20 bits per heavy atom. The molecular weight excluding hydrogens is 629 g/mol. The molecule has 0 heterocycles. The first-order valence-corrected chi connectivity index (χ1v) is 18.7. The predicted octanol–water partition coefficient (Wildman–Crippen LogP) is 5.28. The zero-order valence-corrected chi connectivity index (χ0v) is 29.6. The van der Waals surface area contributed by atoms with E-state index in [2.05, 4.69) is 42.0 Å². The maximum Gasteiger partial charge on any atom is 0.319 e. The second-order valence-corrected chi connectivity index (χ2v) is 16.8. The van der Waals surface area contributed by atoms with E-state index in [-0.39, 0.29) is 26.7 Å². The third-order valence-corrected chi connectivity index (χ3v) is 12.4. The monoisotopic (exact) mass is 678 g/mol. The standard InChI is InChI=1S/C32H50N6O6S2/c1-8-37(9-2)45(41,42)27-16-12-14-24(18-27)34-29(39)33-23-32(7)21-26(20-31(5,6)22-32)36-30(40)35-25-15-13-17-28(19-25)46(43,44)38(10-3)11-4/h12-19,26H,8-11,20-23H2,1-7H3,(H2,33,34,39)(H2,35,36,40)/t26-,32+/m0/s1. The van der Waals surface area contributed by atoms with E-state index >= 15 is 0 Å². The Morgan fingerprint density at radius 3 is 1.65 bits per heavy atom. The molecule has 4 amide bonds. The average molecular weight is 679 g/mol. The highest BCUT2D eigenvalue weighted by atomic mass is 32.2. The van der Waals surface area contributed by atoms with Crippen molar-refractivity contribution in [2.75, 3.05) is 43.4 Å². The lowest BCUT2D eigenvalue weighted by Gasteiger charge is -2.46. The van der Waals surface area contributed by atoms with Crippen LogP contribution in [-0.2, 0) is 20.0 Å². The highest BCUT2D eigenvalue weighted by Crippen LogP contribution is 2.45. The van der Waals surface area contributed by atoms with Crippen molar-refractivity contribution >= 4 is 43.5 Å². The van der Waals surface area contributed by atoms with E-state index in [1.165, 1.54) is 32.9 Å². The summed E-state index contributed by atoms with van der Waals surface area (Å²) in [6, 6.07) is 11.3. The van der Waals surface area contributed by atoms with Gasteiger partial charge in [-0.15, -0.1) is 0 Å². The van der Waals surface area contributed by atoms with Gasteiger partial charge >= 0.3 is 12.1 Å². The van der Waals surface area contributed by atoms with Gasteiger partial charge in [-0.05, 0) is 66.5 Å². The van der Waals surface area contributed by atoms with E-state index in [9.17, 15) is 26.4 Å². The highest BCUT2D eigenvalue weighted by molar-refractivity contribution is 7.89. The van der Waals surface area contributed by atoms with E-state index in [4.69, 9.17) is 0 Å². The number of amides is 4. The Kier molecular flexibility index (Phi) is 12.3. The molecule has 0 saturated heterocycles. The van der Waals surface area contributed by atoms with Crippen molar-refractivity contribution in [3.05, 3.63) is 48.5 Å². The molecule has 256 valence electrons. The first-order chi connectivity index (χ1) is 21.5. The fourth-order valence-electron chi connectivity index (χ4n) is 6.59. The molecule has 3 rings (SSSR count). The summed E-state index contributed by atoms with van der Waals surface area (Å²) in [6.07, 6.45) is 2.15. The number of hydrogen-bond acceptors (Lipinski definition) is 6. The van der Waals surface area contributed by atoms with Crippen molar-refractivity contribution in [1.82, 2.24) is 19.2 Å². The van der Waals surface area contributed by atoms with Gasteiger partial charge in [0.15, 0.2) is 0 Å². The fourth-order valence-corrected chi connectivity index (χ4v) is 9.59. The minimum atomic E-state index is -3.67. The molecule has 1 fully saturated rings. The van der Waals surface area contributed by atoms with Crippen molar-refractivity contribution in [1.29, 1.82) is 0 Å². The summed E-state index contributed by atoms with van der Waals surface area (Å²) in [5, 5.41) is 11.5. The molecule has 1 aliphatic carbocycles. The molecule has 4 N–H and O–H groups in total. The number of benzene rings is 2. The van der Waals surface area contributed by atoms with Gasteiger partial charge < -0.3 is 21.3 Å². The Labute approximate surface area is 274 Å². The van der Waals surface area contributed by atoms with E-state index in [1.807, 2.05) is 0 Å². The molecule has 0 unspecified atom stereocenters. The summed E-state index contributed by atoms with van der Waals surface area (Å²) < 4.78 is 54.4. The fraction of sp³-hybridized carbons (Fsp3) is 0.562. The summed E-state index contributed by atoms with van der Waals surface area (Å²) in [5.41, 5.74) is 0.261. The molecule has 12 nitrogen and oxygen atoms in total. The van der Waals surface area contributed by atoms with Crippen LogP contribution in [-0.4, -0.2) is 76.3 Å². The van der Waals surface area contributed by atoms with Crippen molar-refractivity contribution in [3.8, 4) is 0 Å². The van der Waals surface area contributed by atoms with Gasteiger partial charge in [0, 0.05) is 50.1 Å². The van der Waals surface area contributed by atoms with Crippen LogP contribution >= 0.6 is 0 Å². The van der Waals surface area contributed by atoms with Gasteiger partial charge in [-0.3, -0.25) is 0 Å². The largest absolute Gasteiger partial charge is 0.337 e. The minimum absolute atomic E-state index is 0.111. The van der Waals surface area contributed by atoms with Gasteiger partial charge in [0.25, 0.3) is 0 Å². The predicted molar refractivity (Wildman–Crippen MR) is 182 cm³/mol. The zero-order valence-electron chi connectivity index (χ0n) is 28.0. The highest BCUT2D eigenvalue weighted by Gasteiger charge is 2.42. The van der Waals surface area contributed by atoms with Gasteiger partial charge in [0.1, 0.15) is 0 Å². The smallest absolute Gasteiger partial charge is 0.319 e. The average Bonchev–Trinajstić information content (AvgIpc) is 2.96. The maximum absolute atomic E-state index is 13.1. The third-order valence-electron chi connectivity index (χ3n) is 8.32. The number of nitrogens with one attached hydrogen (secondary N) is 4. The lowest BCUT2D eigenvalue weighted by Crippen LogP contribution is -2.51. The molecule has 46 heavy (non-hydrogen) atoms. The summed E-state index contributed by atoms with van der Waals surface area (Å²) in [4.78, 5) is 26.2. The Balaban J connectivity index is 1.63. The molecule has 0 aliphatic heterocycles. The summed E-state index contributed by atoms with van der Waals surface area (Å²) in [6.45, 7) is 15.1. The number of anilines is 2.